The summed E-state index contributed by atoms with van der Waals surface area (Å²) in [6, 6.07) is 8.37. The minimum Gasteiger partial charge on any atom is -0.444 e. The number of amides is 1. The van der Waals surface area contributed by atoms with Crippen molar-refractivity contribution in [1.82, 2.24) is 4.90 Å². The van der Waals surface area contributed by atoms with Gasteiger partial charge in [-0.25, -0.2) is 4.79 Å². The minimum atomic E-state index is -0.500. The van der Waals surface area contributed by atoms with Gasteiger partial charge in [-0.05, 0) is 78.8 Å². The van der Waals surface area contributed by atoms with E-state index in [1.54, 1.807) is 12.0 Å². The van der Waals surface area contributed by atoms with Crippen LogP contribution in [-0.4, -0.2) is 61.7 Å². The maximum atomic E-state index is 12.5. The van der Waals surface area contributed by atoms with Gasteiger partial charge in [-0.3, -0.25) is 0 Å². The zero-order valence-corrected chi connectivity index (χ0v) is 22.6. The highest BCUT2D eigenvalue weighted by atomic mass is 16.7. The number of rotatable bonds is 9. The lowest BCUT2D eigenvalue weighted by Gasteiger charge is -2.32. The summed E-state index contributed by atoms with van der Waals surface area (Å²) in [6.45, 7) is 19.8. The quantitative estimate of drug-likeness (QED) is 0.371. The van der Waals surface area contributed by atoms with Gasteiger partial charge < -0.3 is 23.7 Å². The van der Waals surface area contributed by atoms with Crippen LogP contribution in [0.15, 0.2) is 24.3 Å². The number of hydrogen-bond acceptors (Lipinski definition) is 5. The van der Waals surface area contributed by atoms with E-state index in [9.17, 15) is 4.79 Å². The summed E-state index contributed by atoms with van der Waals surface area (Å²) in [5.41, 5.74) is 1.06. The highest BCUT2D eigenvalue weighted by molar-refractivity contribution is 6.62. The first-order valence-electron chi connectivity index (χ1n) is 12.3. The van der Waals surface area contributed by atoms with Crippen LogP contribution in [0.25, 0.3) is 0 Å². The third-order valence-corrected chi connectivity index (χ3v) is 5.83. The van der Waals surface area contributed by atoms with Gasteiger partial charge >= 0.3 is 13.2 Å². The summed E-state index contributed by atoms with van der Waals surface area (Å²) < 4.78 is 22.9. The van der Waals surface area contributed by atoms with E-state index in [4.69, 9.17) is 18.8 Å². The second-order valence-corrected chi connectivity index (χ2v) is 10.2. The highest BCUT2D eigenvalue weighted by Crippen LogP contribution is 2.36. The Balaban J connectivity index is 0.00000265. The smallest absolute Gasteiger partial charge is 0.444 e. The van der Waals surface area contributed by atoms with Crippen molar-refractivity contribution in [2.45, 2.75) is 98.4 Å². The van der Waals surface area contributed by atoms with Gasteiger partial charge in [0.1, 0.15) is 5.60 Å². The standard InChI is InChI=1S/C24H40BNO5.C2H6/c1-22(2,3)29-21(27)26(17-10-18-28-8)16-9-11-19-12-14-20(15-13-19)25-30-23(4,5)24(6,7)31-25;1-2/h12-15H,9-11,16-18H2,1-8H3;1-2H3. The van der Waals surface area contributed by atoms with Crippen LogP contribution in [-0.2, 0) is 25.2 Å². The number of aryl methyl sites for hydroxylation is 1. The Morgan fingerprint density at radius 1 is 0.970 bits per heavy atom. The van der Waals surface area contributed by atoms with Gasteiger partial charge in [0.2, 0.25) is 0 Å². The maximum Gasteiger partial charge on any atom is 0.494 e. The van der Waals surface area contributed by atoms with Crippen molar-refractivity contribution < 1.29 is 23.6 Å². The normalized spacial score (nSPS) is 16.7. The zero-order chi connectivity index (χ0) is 25.3. The molecule has 6 nitrogen and oxygen atoms in total. The Morgan fingerprint density at radius 3 is 1.97 bits per heavy atom. The fraction of sp³-hybridized carbons (Fsp3) is 0.731. The minimum absolute atomic E-state index is 0.264. The van der Waals surface area contributed by atoms with Gasteiger partial charge in [-0.1, -0.05) is 38.1 Å². The van der Waals surface area contributed by atoms with Crippen molar-refractivity contribution in [3.05, 3.63) is 29.8 Å². The van der Waals surface area contributed by atoms with Crippen molar-refractivity contribution in [2.24, 2.45) is 0 Å². The third kappa shape index (κ3) is 9.30. The molecule has 0 bridgehead atoms. The molecule has 1 fully saturated rings. The van der Waals surface area contributed by atoms with Crippen LogP contribution in [0.1, 0.15) is 80.7 Å². The van der Waals surface area contributed by atoms with E-state index in [2.05, 4.69) is 52.0 Å². The fourth-order valence-electron chi connectivity index (χ4n) is 3.32. The van der Waals surface area contributed by atoms with Crippen LogP contribution < -0.4 is 5.46 Å². The first-order valence-corrected chi connectivity index (χ1v) is 12.3. The van der Waals surface area contributed by atoms with E-state index in [-0.39, 0.29) is 24.4 Å². The number of ether oxygens (including phenoxy) is 2. The monoisotopic (exact) mass is 463 g/mol. The molecule has 0 saturated carbocycles. The molecule has 1 saturated heterocycles. The lowest BCUT2D eigenvalue weighted by atomic mass is 9.78. The molecule has 0 N–H and O–H groups in total. The van der Waals surface area contributed by atoms with Crippen LogP contribution >= 0.6 is 0 Å². The Kier molecular flexibility index (Phi) is 11.4. The highest BCUT2D eigenvalue weighted by Gasteiger charge is 2.51. The SMILES string of the molecule is CC.COCCCN(CCCc1ccc(B2OC(C)(C)C(C)(C)O2)cc1)C(=O)OC(C)(C)C. The molecule has 1 aliphatic heterocycles. The number of benzene rings is 1. The Hall–Kier alpha value is -1.57. The molecule has 0 radical (unpaired) electrons. The maximum absolute atomic E-state index is 12.5. The summed E-state index contributed by atoms with van der Waals surface area (Å²) in [5.74, 6) is 0. The van der Waals surface area contributed by atoms with Gasteiger partial charge in [0.05, 0.1) is 11.2 Å². The second kappa shape index (κ2) is 12.8. The van der Waals surface area contributed by atoms with Crippen molar-refractivity contribution in [2.75, 3.05) is 26.8 Å². The lowest BCUT2D eigenvalue weighted by Crippen LogP contribution is -2.41. The third-order valence-electron chi connectivity index (χ3n) is 5.83. The molecule has 0 atom stereocenters. The first kappa shape index (κ1) is 29.5. The van der Waals surface area contributed by atoms with Crippen LogP contribution in [0.2, 0.25) is 0 Å². The number of methoxy groups -OCH3 is 1. The Morgan fingerprint density at radius 2 is 1.48 bits per heavy atom. The van der Waals surface area contributed by atoms with Gasteiger partial charge in [0.25, 0.3) is 0 Å². The fourth-order valence-corrected chi connectivity index (χ4v) is 3.32. The molecule has 33 heavy (non-hydrogen) atoms. The molecule has 0 aromatic heterocycles. The van der Waals surface area contributed by atoms with Crippen molar-refractivity contribution in [3.63, 3.8) is 0 Å². The molecule has 7 heteroatoms. The average molecular weight is 463 g/mol. The predicted octanol–water partition coefficient (Wildman–Crippen LogP) is 5.22. The summed E-state index contributed by atoms with van der Waals surface area (Å²) in [4.78, 5) is 14.3. The van der Waals surface area contributed by atoms with Crippen LogP contribution in [0.4, 0.5) is 4.79 Å². The summed E-state index contributed by atoms with van der Waals surface area (Å²) in [7, 11) is 1.33. The average Bonchev–Trinajstić information content (AvgIpc) is 2.94. The van der Waals surface area contributed by atoms with Gasteiger partial charge in [0.15, 0.2) is 0 Å². The van der Waals surface area contributed by atoms with E-state index in [0.29, 0.717) is 19.7 Å². The van der Waals surface area contributed by atoms with E-state index < -0.39 is 5.60 Å². The van der Waals surface area contributed by atoms with Crippen molar-refractivity contribution >= 4 is 18.7 Å². The van der Waals surface area contributed by atoms with Crippen LogP contribution in [0, 0.1) is 0 Å². The molecule has 0 unspecified atom stereocenters. The molecule has 1 aromatic rings. The molecule has 1 amide bonds. The zero-order valence-electron chi connectivity index (χ0n) is 22.6. The van der Waals surface area contributed by atoms with Crippen LogP contribution in [0.3, 0.4) is 0 Å². The van der Waals surface area contributed by atoms with E-state index in [1.807, 2.05) is 34.6 Å². The molecular weight excluding hydrogens is 417 g/mol. The predicted molar refractivity (Wildman–Crippen MR) is 136 cm³/mol. The van der Waals surface area contributed by atoms with Gasteiger partial charge in [-0.15, -0.1) is 0 Å². The molecule has 0 spiro atoms. The summed E-state index contributed by atoms with van der Waals surface area (Å²) in [5, 5.41) is 0. The van der Waals surface area contributed by atoms with E-state index in [0.717, 1.165) is 24.7 Å². The number of nitrogens with zero attached hydrogens (tertiary/aromatic N) is 1. The molecule has 0 aliphatic carbocycles. The van der Waals surface area contributed by atoms with E-state index in [1.165, 1.54) is 5.56 Å². The number of carbonyl (C=O) groups is 1. The molecule has 1 aromatic carbocycles. The van der Waals surface area contributed by atoms with Gasteiger partial charge in [0, 0.05) is 26.8 Å². The molecule has 1 aliphatic rings. The largest absolute Gasteiger partial charge is 0.494 e. The number of carbonyl (C=O) groups excluding carboxylic acids is 1. The molecule has 2 rings (SSSR count). The molecule has 188 valence electrons. The summed E-state index contributed by atoms with van der Waals surface area (Å²) >= 11 is 0. The second-order valence-electron chi connectivity index (χ2n) is 10.2. The van der Waals surface area contributed by atoms with E-state index >= 15 is 0 Å². The number of hydrogen-bond donors (Lipinski definition) is 0. The molecular formula is C26H46BNO5. The van der Waals surface area contributed by atoms with Crippen LogP contribution in [0.5, 0.6) is 0 Å². The first-order chi connectivity index (χ1) is 15.3. The molecule has 1 heterocycles. The lowest BCUT2D eigenvalue weighted by molar-refractivity contribution is 0.00578. The Labute approximate surface area is 202 Å². The topological polar surface area (TPSA) is 57.2 Å². The Bertz CT molecular complexity index is 696. The van der Waals surface area contributed by atoms with Gasteiger partial charge in [-0.2, -0.15) is 0 Å². The summed E-state index contributed by atoms with van der Waals surface area (Å²) in [6.07, 6.45) is 2.27. The van der Waals surface area contributed by atoms with Crippen molar-refractivity contribution in [3.8, 4) is 0 Å². The van der Waals surface area contributed by atoms with Crippen molar-refractivity contribution in [1.29, 1.82) is 0 Å².